The normalized spacial score (nSPS) is 28.7. The minimum atomic E-state index is 0.00813. The Labute approximate surface area is 137 Å². The van der Waals surface area contributed by atoms with Crippen molar-refractivity contribution in [3.05, 3.63) is 65.5 Å². The maximum absolute atomic E-state index is 12.6. The van der Waals surface area contributed by atoms with E-state index < -0.39 is 0 Å². The molecule has 2 aliphatic rings. The van der Waals surface area contributed by atoms with Gasteiger partial charge in [-0.15, -0.1) is 0 Å². The van der Waals surface area contributed by atoms with Crippen LogP contribution in [0.15, 0.2) is 48.7 Å². The molecule has 118 valence electrons. The second-order valence-corrected chi connectivity index (χ2v) is 6.88. The summed E-state index contributed by atoms with van der Waals surface area (Å²) < 4.78 is 0. The Morgan fingerprint density at radius 3 is 2.61 bits per heavy atom. The highest BCUT2D eigenvalue weighted by atomic mass is 16.1. The molecule has 2 aromatic rings. The number of fused-ring (bicyclic) bond motifs is 1. The van der Waals surface area contributed by atoms with Gasteiger partial charge in [0.25, 0.3) is 5.91 Å². The molecule has 0 aliphatic heterocycles. The van der Waals surface area contributed by atoms with Gasteiger partial charge in [0.15, 0.2) is 0 Å². The first-order valence-electron chi connectivity index (χ1n) is 8.52. The molecule has 1 aromatic heterocycles. The van der Waals surface area contributed by atoms with Gasteiger partial charge in [0.2, 0.25) is 0 Å². The number of rotatable bonds is 3. The van der Waals surface area contributed by atoms with Gasteiger partial charge >= 0.3 is 0 Å². The quantitative estimate of drug-likeness (QED) is 0.939. The van der Waals surface area contributed by atoms with Gasteiger partial charge in [-0.1, -0.05) is 36.8 Å². The number of carbonyl (C=O) groups is 1. The van der Waals surface area contributed by atoms with Crippen molar-refractivity contribution < 1.29 is 4.79 Å². The standard InChI is InChI=1S/C20H22N2O/c1-13-10-11-15(12-21-13)20(23)22-19-17-9-5-8-16(17)18(19)14-6-3-2-4-7-14/h2-4,6-7,10-12,16-19H,5,8-9H2,1H3,(H,22,23)/t16-,17+,18-,19-/m1/s1. The van der Waals surface area contributed by atoms with Crippen molar-refractivity contribution in [1.29, 1.82) is 0 Å². The van der Waals surface area contributed by atoms with Crippen molar-refractivity contribution in [1.82, 2.24) is 10.3 Å². The van der Waals surface area contributed by atoms with Gasteiger partial charge in [-0.3, -0.25) is 9.78 Å². The Balaban J connectivity index is 1.54. The van der Waals surface area contributed by atoms with Gasteiger partial charge in [0.05, 0.1) is 5.56 Å². The molecule has 0 bridgehead atoms. The lowest BCUT2D eigenvalue weighted by Gasteiger charge is -2.49. The maximum atomic E-state index is 12.6. The van der Waals surface area contributed by atoms with Gasteiger partial charge in [-0.25, -0.2) is 0 Å². The molecular formula is C20H22N2O. The molecule has 2 aliphatic carbocycles. The Morgan fingerprint density at radius 2 is 1.87 bits per heavy atom. The van der Waals surface area contributed by atoms with Crippen molar-refractivity contribution in [2.45, 2.75) is 38.1 Å². The van der Waals surface area contributed by atoms with Gasteiger partial charge in [-0.05, 0) is 49.3 Å². The predicted octanol–water partition coefficient (Wildman–Crippen LogP) is 3.70. The van der Waals surface area contributed by atoms with E-state index >= 15 is 0 Å². The van der Waals surface area contributed by atoms with Crippen LogP contribution in [0.4, 0.5) is 0 Å². The van der Waals surface area contributed by atoms with E-state index in [1.807, 2.05) is 19.1 Å². The van der Waals surface area contributed by atoms with Gasteiger partial charge in [0, 0.05) is 23.9 Å². The van der Waals surface area contributed by atoms with Crippen LogP contribution in [-0.2, 0) is 0 Å². The van der Waals surface area contributed by atoms with Crippen molar-refractivity contribution >= 4 is 5.91 Å². The van der Waals surface area contributed by atoms with Crippen LogP contribution >= 0.6 is 0 Å². The molecule has 23 heavy (non-hydrogen) atoms. The second kappa shape index (κ2) is 5.80. The number of benzene rings is 1. The Kier molecular flexibility index (Phi) is 3.64. The minimum Gasteiger partial charge on any atom is -0.348 e. The molecule has 4 rings (SSSR count). The lowest BCUT2D eigenvalue weighted by Crippen LogP contribution is -2.56. The fourth-order valence-corrected chi connectivity index (χ4v) is 4.46. The van der Waals surface area contributed by atoms with Crippen LogP contribution in [0.3, 0.4) is 0 Å². The fourth-order valence-electron chi connectivity index (χ4n) is 4.46. The number of pyridine rings is 1. The summed E-state index contributed by atoms with van der Waals surface area (Å²) in [5.41, 5.74) is 2.95. The summed E-state index contributed by atoms with van der Waals surface area (Å²) in [5.74, 6) is 1.85. The van der Waals surface area contributed by atoms with E-state index in [4.69, 9.17) is 0 Å². The zero-order chi connectivity index (χ0) is 15.8. The molecule has 0 spiro atoms. The van der Waals surface area contributed by atoms with E-state index in [9.17, 15) is 4.79 Å². The molecule has 1 heterocycles. The predicted molar refractivity (Wildman–Crippen MR) is 90.2 cm³/mol. The van der Waals surface area contributed by atoms with Crippen LogP contribution in [0.2, 0.25) is 0 Å². The van der Waals surface area contributed by atoms with E-state index in [1.54, 1.807) is 6.20 Å². The monoisotopic (exact) mass is 306 g/mol. The van der Waals surface area contributed by atoms with Crippen LogP contribution < -0.4 is 5.32 Å². The Bertz CT molecular complexity index is 695. The number of nitrogens with zero attached hydrogens (tertiary/aromatic N) is 1. The van der Waals surface area contributed by atoms with E-state index in [0.29, 0.717) is 17.4 Å². The Hall–Kier alpha value is -2.16. The summed E-state index contributed by atoms with van der Waals surface area (Å²) in [6.45, 7) is 1.93. The summed E-state index contributed by atoms with van der Waals surface area (Å²) in [7, 11) is 0. The first kappa shape index (κ1) is 14.4. The van der Waals surface area contributed by atoms with Crippen LogP contribution in [0.25, 0.3) is 0 Å². The highest BCUT2D eigenvalue weighted by Gasteiger charge is 2.53. The summed E-state index contributed by atoms with van der Waals surface area (Å²) in [4.78, 5) is 16.8. The maximum Gasteiger partial charge on any atom is 0.253 e. The second-order valence-electron chi connectivity index (χ2n) is 6.88. The van der Waals surface area contributed by atoms with Crippen molar-refractivity contribution in [3.8, 4) is 0 Å². The largest absolute Gasteiger partial charge is 0.348 e. The number of hydrogen-bond donors (Lipinski definition) is 1. The fraction of sp³-hybridized carbons (Fsp3) is 0.400. The van der Waals surface area contributed by atoms with E-state index in [0.717, 1.165) is 11.6 Å². The highest BCUT2D eigenvalue weighted by molar-refractivity contribution is 5.94. The van der Waals surface area contributed by atoms with Crippen molar-refractivity contribution in [2.24, 2.45) is 11.8 Å². The third-order valence-corrected chi connectivity index (χ3v) is 5.59. The number of aromatic nitrogens is 1. The lowest BCUT2D eigenvalue weighted by atomic mass is 9.60. The van der Waals surface area contributed by atoms with Crippen molar-refractivity contribution in [2.75, 3.05) is 0 Å². The summed E-state index contributed by atoms with van der Waals surface area (Å²) in [5, 5.41) is 3.29. The SMILES string of the molecule is Cc1ccc(C(=O)N[C@@H]2[C@H]3CCC[C@H]3[C@H]2c2ccccc2)cn1. The van der Waals surface area contributed by atoms with Crippen LogP contribution in [-0.4, -0.2) is 16.9 Å². The topological polar surface area (TPSA) is 42.0 Å². The number of carbonyl (C=O) groups excluding carboxylic acids is 1. The van der Waals surface area contributed by atoms with Crippen LogP contribution in [0.5, 0.6) is 0 Å². The molecule has 1 amide bonds. The summed E-state index contributed by atoms with van der Waals surface area (Å²) in [6.07, 6.45) is 5.50. The minimum absolute atomic E-state index is 0.00813. The molecule has 0 saturated heterocycles. The van der Waals surface area contributed by atoms with E-state index in [-0.39, 0.29) is 11.9 Å². The zero-order valence-corrected chi connectivity index (χ0v) is 13.4. The summed E-state index contributed by atoms with van der Waals surface area (Å²) >= 11 is 0. The third kappa shape index (κ3) is 2.54. The number of aryl methyl sites for hydroxylation is 1. The van der Waals surface area contributed by atoms with E-state index in [1.165, 1.54) is 24.8 Å². The van der Waals surface area contributed by atoms with Crippen molar-refractivity contribution in [3.63, 3.8) is 0 Å². The van der Waals surface area contributed by atoms with Gasteiger partial charge in [-0.2, -0.15) is 0 Å². The molecule has 1 N–H and O–H groups in total. The molecule has 3 heteroatoms. The smallest absolute Gasteiger partial charge is 0.253 e. The molecule has 0 unspecified atom stereocenters. The third-order valence-electron chi connectivity index (χ3n) is 5.59. The first-order chi connectivity index (χ1) is 11.2. The van der Waals surface area contributed by atoms with Gasteiger partial charge in [0.1, 0.15) is 0 Å². The molecule has 0 radical (unpaired) electrons. The number of amides is 1. The highest BCUT2D eigenvalue weighted by Crippen LogP contribution is 2.55. The molecule has 3 nitrogen and oxygen atoms in total. The number of nitrogens with one attached hydrogen (secondary N) is 1. The molecular weight excluding hydrogens is 284 g/mol. The molecule has 2 saturated carbocycles. The van der Waals surface area contributed by atoms with E-state index in [2.05, 4.69) is 40.6 Å². The van der Waals surface area contributed by atoms with Crippen LogP contribution in [0, 0.1) is 18.8 Å². The molecule has 2 fully saturated rings. The average molecular weight is 306 g/mol. The Morgan fingerprint density at radius 1 is 1.09 bits per heavy atom. The molecule has 1 aromatic carbocycles. The van der Waals surface area contributed by atoms with Crippen LogP contribution in [0.1, 0.15) is 46.8 Å². The number of hydrogen-bond acceptors (Lipinski definition) is 2. The first-order valence-corrected chi connectivity index (χ1v) is 8.52. The molecule has 4 atom stereocenters. The summed E-state index contributed by atoms with van der Waals surface area (Å²) in [6, 6.07) is 14.7. The average Bonchev–Trinajstić information content (AvgIpc) is 2.98. The zero-order valence-electron chi connectivity index (χ0n) is 13.4. The van der Waals surface area contributed by atoms with Gasteiger partial charge < -0.3 is 5.32 Å². The lowest BCUT2D eigenvalue weighted by molar-refractivity contribution is 0.0691.